The summed E-state index contributed by atoms with van der Waals surface area (Å²) >= 11 is 0. The Bertz CT molecular complexity index is 492. The molecule has 1 aromatic rings. The lowest BCUT2D eigenvalue weighted by Crippen LogP contribution is -2.37. The number of nitrogens with zero attached hydrogens (tertiary/aromatic N) is 2. The predicted molar refractivity (Wildman–Crippen MR) is 104 cm³/mol. The van der Waals surface area contributed by atoms with Gasteiger partial charge in [0.05, 0.1) is 0 Å². The number of para-hydroxylation sites is 1. The Balaban J connectivity index is 2.37. The average molecular weight is 351 g/mol. The molecule has 0 aliphatic carbocycles. The Labute approximate surface area is 152 Å². The van der Waals surface area contributed by atoms with Crippen molar-refractivity contribution in [2.75, 3.05) is 54.1 Å². The second kappa shape index (κ2) is 13.5. The van der Waals surface area contributed by atoms with Gasteiger partial charge in [0, 0.05) is 45.5 Å². The van der Waals surface area contributed by atoms with E-state index in [0.29, 0.717) is 13.2 Å². The van der Waals surface area contributed by atoms with Crippen LogP contribution in [0, 0.1) is 0 Å². The van der Waals surface area contributed by atoms with E-state index in [4.69, 9.17) is 9.47 Å². The molecule has 6 heteroatoms. The molecule has 0 radical (unpaired) electrons. The maximum absolute atomic E-state index is 5.89. The number of benzene rings is 1. The van der Waals surface area contributed by atoms with Crippen LogP contribution >= 0.6 is 0 Å². The second-order valence-corrected chi connectivity index (χ2v) is 6.02. The molecule has 0 fully saturated rings. The van der Waals surface area contributed by atoms with Gasteiger partial charge in [0.15, 0.2) is 5.96 Å². The molecule has 0 heterocycles. The monoisotopic (exact) mass is 350 g/mol. The normalized spacial score (nSPS) is 11.6. The molecule has 0 aromatic heterocycles. The fourth-order valence-corrected chi connectivity index (χ4v) is 2.21. The first-order valence-corrected chi connectivity index (χ1v) is 9.05. The highest BCUT2D eigenvalue weighted by atomic mass is 16.5. The molecule has 0 aliphatic heterocycles. The van der Waals surface area contributed by atoms with Gasteiger partial charge in [-0.3, -0.25) is 4.99 Å². The zero-order chi connectivity index (χ0) is 18.3. The molecule has 1 rings (SSSR count). The number of hydrogen-bond acceptors (Lipinski definition) is 4. The minimum Gasteiger partial charge on any atom is -0.492 e. The van der Waals surface area contributed by atoms with Crippen LogP contribution in [0.15, 0.2) is 29.3 Å². The summed E-state index contributed by atoms with van der Waals surface area (Å²) in [6.45, 7) is 6.76. The van der Waals surface area contributed by atoms with Crippen LogP contribution in [0.4, 0.5) is 0 Å². The van der Waals surface area contributed by atoms with Crippen molar-refractivity contribution < 1.29 is 9.47 Å². The summed E-state index contributed by atoms with van der Waals surface area (Å²) in [6.07, 6.45) is 2.12. The number of rotatable bonds is 12. The first-order valence-electron chi connectivity index (χ1n) is 9.05. The van der Waals surface area contributed by atoms with E-state index in [1.54, 1.807) is 7.05 Å². The van der Waals surface area contributed by atoms with Crippen molar-refractivity contribution in [1.82, 2.24) is 15.5 Å². The van der Waals surface area contributed by atoms with Crippen molar-refractivity contribution in [1.29, 1.82) is 0 Å². The lowest BCUT2D eigenvalue weighted by atomic mass is 10.2. The summed E-state index contributed by atoms with van der Waals surface area (Å²) in [5.41, 5.74) is 1.13. The van der Waals surface area contributed by atoms with Gasteiger partial charge in [-0.15, -0.1) is 0 Å². The first kappa shape index (κ1) is 21.3. The smallest absolute Gasteiger partial charge is 0.191 e. The molecule has 0 bridgehead atoms. The summed E-state index contributed by atoms with van der Waals surface area (Å²) in [6, 6.07) is 8.11. The lowest BCUT2D eigenvalue weighted by molar-refractivity contribution is 0.143. The quantitative estimate of drug-likeness (QED) is 0.343. The highest BCUT2D eigenvalue weighted by Gasteiger charge is 2.05. The maximum atomic E-state index is 5.89. The predicted octanol–water partition coefficient (Wildman–Crippen LogP) is 2.11. The number of aliphatic imine (C=N–C) groups is 1. The van der Waals surface area contributed by atoms with E-state index in [2.05, 4.69) is 26.6 Å². The minimum atomic E-state index is 0.677. The van der Waals surface area contributed by atoms with Gasteiger partial charge in [0.2, 0.25) is 0 Å². The Hall–Kier alpha value is -1.79. The fourth-order valence-electron chi connectivity index (χ4n) is 2.21. The van der Waals surface area contributed by atoms with Crippen molar-refractivity contribution in [3.63, 3.8) is 0 Å². The molecule has 0 atom stereocenters. The van der Waals surface area contributed by atoms with Crippen LogP contribution in [-0.4, -0.2) is 64.9 Å². The minimum absolute atomic E-state index is 0.677. The van der Waals surface area contributed by atoms with Crippen LogP contribution in [-0.2, 0) is 11.3 Å². The van der Waals surface area contributed by atoms with Crippen LogP contribution in [0.1, 0.15) is 25.3 Å². The Morgan fingerprint density at radius 1 is 1.12 bits per heavy atom. The van der Waals surface area contributed by atoms with Crippen molar-refractivity contribution in [3.05, 3.63) is 29.8 Å². The van der Waals surface area contributed by atoms with E-state index in [9.17, 15) is 0 Å². The Kier molecular flexibility index (Phi) is 11.5. The van der Waals surface area contributed by atoms with Crippen LogP contribution in [0.25, 0.3) is 0 Å². The molecule has 0 aliphatic rings. The number of nitrogens with one attached hydrogen (secondary N) is 2. The first-order chi connectivity index (χ1) is 12.2. The molecular formula is C19H34N4O2. The molecule has 2 N–H and O–H groups in total. The summed E-state index contributed by atoms with van der Waals surface area (Å²) in [5, 5.41) is 6.67. The largest absolute Gasteiger partial charge is 0.492 e. The van der Waals surface area contributed by atoms with E-state index in [0.717, 1.165) is 56.4 Å². The van der Waals surface area contributed by atoms with Gasteiger partial charge < -0.3 is 25.0 Å². The highest BCUT2D eigenvalue weighted by Crippen LogP contribution is 2.17. The molecule has 0 saturated heterocycles. The summed E-state index contributed by atoms with van der Waals surface area (Å²) in [7, 11) is 5.87. The summed E-state index contributed by atoms with van der Waals surface area (Å²) < 4.78 is 11.2. The molecule has 142 valence electrons. The van der Waals surface area contributed by atoms with Gasteiger partial charge in [0.1, 0.15) is 12.4 Å². The molecule has 0 saturated carbocycles. The number of guanidine groups is 1. The number of likely N-dealkylation sites (N-methyl/N-ethyl adjacent to an activating group) is 1. The van der Waals surface area contributed by atoms with Gasteiger partial charge in [-0.1, -0.05) is 18.2 Å². The molecule has 0 amide bonds. The number of unbranched alkanes of at least 4 members (excludes halogenated alkanes) is 1. The fraction of sp³-hybridized carbons (Fsp3) is 0.632. The van der Waals surface area contributed by atoms with E-state index in [-0.39, 0.29) is 0 Å². The third-order valence-corrected chi connectivity index (χ3v) is 3.65. The molecule has 0 unspecified atom stereocenters. The molecule has 0 spiro atoms. The van der Waals surface area contributed by atoms with Gasteiger partial charge in [-0.05, 0) is 39.9 Å². The zero-order valence-electron chi connectivity index (χ0n) is 16.2. The van der Waals surface area contributed by atoms with E-state index < -0.39 is 0 Å². The zero-order valence-corrected chi connectivity index (χ0v) is 16.2. The topological polar surface area (TPSA) is 58.1 Å². The van der Waals surface area contributed by atoms with Crippen LogP contribution in [0.2, 0.25) is 0 Å². The lowest BCUT2D eigenvalue weighted by Gasteiger charge is -2.16. The van der Waals surface area contributed by atoms with E-state index in [1.807, 2.05) is 39.2 Å². The maximum Gasteiger partial charge on any atom is 0.191 e. The van der Waals surface area contributed by atoms with Crippen molar-refractivity contribution >= 4 is 5.96 Å². The van der Waals surface area contributed by atoms with Gasteiger partial charge in [-0.2, -0.15) is 0 Å². The number of ether oxygens (including phenoxy) is 2. The highest BCUT2D eigenvalue weighted by molar-refractivity contribution is 5.79. The SMILES string of the molecule is CCOCCCCNC(=NC)NCc1ccccc1OCCN(C)C. The summed E-state index contributed by atoms with van der Waals surface area (Å²) in [4.78, 5) is 6.38. The average Bonchev–Trinajstić information content (AvgIpc) is 2.61. The Morgan fingerprint density at radius 3 is 2.64 bits per heavy atom. The Morgan fingerprint density at radius 2 is 1.92 bits per heavy atom. The molecular weight excluding hydrogens is 316 g/mol. The van der Waals surface area contributed by atoms with Gasteiger partial charge in [-0.25, -0.2) is 0 Å². The second-order valence-electron chi connectivity index (χ2n) is 6.02. The van der Waals surface area contributed by atoms with Crippen LogP contribution in [0.5, 0.6) is 5.75 Å². The van der Waals surface area contributed by atoms with Crippen molar-refractivity contribution in [2.45, 2.75) is 26.3 Å². The van der Waals surface area contributed by atoms with Crippen LogP contribution in [0.3, 0.4) is 0 Å². The van der Waals surface area contributed by atoms with Crippen molar-refractivity contribution in [2.24, 2.45) is 4.99 Å². The third kappa shape index (κ3) is 9.94. The van der Waals surface area contributed by atoms with Gasteiger partial charge in [0.25, 0.3) is 0 Å². The van der Waals surface area contributed by atoms with E-state index >= 15 is 0 Å². The standard InChI is InChI=1S/C19H34N4O2/c1-5-24-14-9-8-12-21-19(20-2)22-16-17-10-6-7-11-18(17)25-15-13-23(3)4/h6-7,10-11H,5,8-9,12-16H2,1-4H3,(H2,20,21,22). The molecule has 25 heavy (non-hydrogen) atoms. The number of hydrogen-bond donors (Lipinski definition) is 2. The van der Waals surface area contributed by atoms with Crippen LogP contribution < -0.4 is 15.4 Å². The molecule has 1 aromatic carbocycles. The van der Waals surface area contributed by atoms with Crippen molar-refractivity contribution in [3.8, 4) is 5.75 Å². The summed E-state index contributed by atoms with van der Waals surface area (Å²) in [5.74, 6) is 1.73. The van der Waals surface area contributed by atoms with Gasteiger partial charge >= 0.3 is 0 Å². The third-order valence-electron chi connectivity index (χ3n) is 3.65. The van der Waals surface area contributed by atoms with E-state index in [1.165, 1.54) is 0 Å². The molecule has 6 nitrogen and oxygen atoms in total.